The first-order chi connectivity index (χ1) is 7.15. The zero-order chi connectivity index (χ0) is 10.9. The molecule has 0 aliphatic heterocycles. The second-order valence-electron chi connectivity index (χ2n) is 4.16. The van der Waals surface area contributed by atoms with E-state index in [-0.39, 0.29) is 11.7 Å². The molecule has 15 heavy (non-hydrogen) atoms. The van der Waals surface area contributed by atoms with Gasteiger partial charge in [-0.25, -0.2) is 4.39 Å². The van der Waals surface area contributed by atoms with E-state index in [1.54, 1.807) is 12.1 Å². The van der Waals surface area contributed by atoms with E-state index in [0.717, 1.165) is 31.2 Å². The maximum absolute atomic E-state index is 12.8. The molecule has 0 bridgehead atoms. The lowest BCUT2D eigenvalue weighted by Gasteiger charge is -2.25. The minimum absolute atomic E-state index is 0.281. The Morgan fingerprint density at radius 2 is 1.73 bits per heavy atom. The van der Waals surface area contributed by atoms with Gasteiger partial charge in [0.1, 0.15) is 5.82 Å². The van der Waals surface area contributed by atoms with Crippen LogP contribution in [0.25, 0.3) is 0 Å². The lowest BCUT2D eigenvalue weighted by molar-refractivity contribution is -0.123. The molecule has 0 radical (unpaired) electrons. The number of carbonyl (C=O) groups excluding carboxylic acids is 1. The topological polar surface area (TPSA) is 43.1 Å². The molecule has 2 N–H and O–H groups in total. The summed E-state index contributed by atoms with van der Waals surface area (Å²) in [5.41, 5.74) is 5.78. The minimum Gasteiger partial charge on any atom is -0.369 e. The molecule has 1 aliphatic rings. The Labute approximate surface area is 88.3 Å². The number of primary amides is 1. The molecule has 1 aromatic rings. The molecule has 0 unspecified atom stereocenters. The van der Waals surface area contributed by atoms with E-state index in [4.69, 9.17) is 5.73 Å². The predicted molar refractivity (Wildman–Crippen MR) is 55.7 cm³/mol. The summed E-state index contributed by atoms with van der Waals surface area (Å²) in [5, 5.41) is 0. The van der Waals surface area contributed by atoms with Crippen LogP contribution in [0.5, 0.6) is 0 Å². The van der Waals surface area contributed by atoms with Crippen molar-refractivity contribution in [1.82, 2.24) is 0 Å². The number of carbonyl (C=O) groups is 1. The summed E-state index contributed by atoms with van der Waals surface area (Å²) in [6, 6.07) is 6.12. The van der Waals surface area contributed by atoms with Gasteiger partial charge in [0.15, 0.2) is 0 Å². The number of rotatable bonds is 2. The first kappa shape index (κ1) is 10.1. The van der Waals surface area contributed by atoms with Gasteiger partial charge in [0.05, 0.1) is 5.41 Å². The fraction of sp³-hybridized carbons (Fsp3) is 0.417. The predicted octanol–water partition coefficient (Wildman–Crippen LogP) is 2.12. The number of nitrogens with two attached hydrogens (primary N) is 1. The summed E-state index contributed by atoms with van der Waals surface area (Å²) in [5.74, 6) is -0.567. The fourth-order valence-corrected chi connectivity index (χ4v) is 2.42. The van der Waals surface area contributed by atoms with E-state index < -0.39 is 5.41 Å². The van der Waals surface area contributed by atoms with Crippen molar-refractivity contribution in [1.29, 1.82) is 0 Å². The number of hydrogen-bond acceptors (Lipinski definition) is 1. The van der Waals surface area contributed by atoms with Gasteiger partial charge in [-0.3, -0.25) is 4.79 Å². The van der Waals surface area contributed by atoms with E-state index in [2.05, 4.69) is 0 Å². The average Bonchev–Trinajstić information content (AvgIpc) is 2.69. The molecule has 3 heteroatoms. The maximum Gasteiger partial charge on any atom is 0.228 e. The van der Waals surface area contributed by atoms with Gasteiger partial charge in [0.2, 0.25) is 5.91 Å². The van der Waals surface area contributed by atoms with Gasteiger partial charge in [-0.05, 0) is 30.5 Å². The summed E-state index contributed by atoms with van der Waals surface area (Å²) < 4.78 is 12.8. The Morgan fingerprint density at radius 1 is 1.20 bits per heavy atom. The van der Waals surface area contributed by atoms with Gasteiger partial charge < -0.3 is 5.73 Å². The first-order valence-electron chi connectivity index (χ1n) is 5.21. The molecule has 1 amide bonds. The van der Waals surface area contributed by atoms with E-state index in [1.807, 2.05) is 0 Å². The van der Waals surface area contributed by atoms with Gasteiger partial charge in [-0.1, -0.05) is 25.0 Å². The molecule has 0 atom stereocenters. The third-order valence-corrected chi connectivity index (χ3v) is 3.33. The van der Waals surface area contributed by atoms with E-state index in [1.165, 1.54) is 12.1 Å². The molecular formula is C12H14FNO. The summed E-state index contributed by atoms with van der Waals surface area (Å²) >= 11 is 0. The lowest BCUT2D eigenvalue weighted by atomic mass is 9.78. The van der Waals surface area contributed by atoms with Gasteiger partial charge in [-0.15, -0.1) is 0 Å². The number of halogens is 1. The summed E-state index contributed by atoms with van der Waals surface area (Å²) in [6.45, 7) is 0. The van der Waals surface area contributed by atoms with Crippen LogP contribution in [0.1, 0.15) is 31.2 Å². The van der Waals surface area contributed by atoms with Crippen molar-refractivity contribution in [3.05, 3.63) is 35.6 Å². The zero-order valence-corrected chi connectivity index (χ0v) is 8.50. The monoisotopic (exact) mass is 207 g/mol. The van der Waals surface area contributed by atoms with Crippen molar-refractivity contribution in [2.75, 3.05) is 0 Å². The van der Waals surface area contributed by atoms with Crippen LogP contribution in [0.3, 0.4) is 0 Å². The van der Waals surface area contributed by atoms with Crippen LogP contribution in [0.2, 0.25) is 0 Å². The molecule has 1 aromatic carbocycles. The summed E-state index contributed by atoms with van der Waals surface area (Å²) in [7, 11) is 0. The number of hydrogen-bond donors (Lipinski definition) is 1. The third-order valence-electron chi connectivity index (χ3n) is 3.33. The highest BCUT2D eigenvalue weighted by molar-refractivity contribution is 5.87. The molecule has 1 saturated carbocycles. The van der Waals surface area contributed by atoms with Crippen molar-refractivity contribution in [3.63, 3.8) is 0 Å². The standard InChI is InChI=1S/C12H14FNO/c13-10-5-3-9(4-6-10)12(11(14)15)7-1-2-8-12/h3-6H,1-2,7-8H2,(H2,14,15). The van der Waals surface area contributed by atoms with Crippen LogP contribution >= 0.6 is 0 Å². The summed E-state index contributed by atoms with van der Waals surface area (Å²) in [4.78, 5) is 11.5. The van der Waals surface area contributed by atoms with Gasteiger partial charge >= 0.3 is 0 Å². The molecule has 1 fully saturated rings. The first-order valence-corrected chi connectivity index (χ1v) is 5.21. The molecule has 0 saturated heterocycles. The lowest BCUT2D eigenvalue weighted by Crippen LogP contribution is -2.38. The Balaban J connectivity index is 2.41. The maximum atomic E-state index is 12.8. The Kier molecular flexibility index (Phi) is 2.47. The highest BCUT2D eigenvalue weighted by Gasteiger charge is 2.40. The highest BCUT2D eigenvalue weighted by atomic mass is 19.1. The number of amides is 1. The molecular weight excluding hydrogens is 193 g/mol. The van der Waals surface area contributed by atoms with Gasteiger partial charge in [0, 0.05) is 0 Å². The molecule has 2 nitrogen and oxygen atoms in total. The Hall–Kier alpha value is -1.38. The van der Waals surface area contributed by atoms with Crippen molar-refractivity contribution in [2.45, 2.75) is 31.1 Å². The van der Waals surface area contributed by atoms with Crippen molar-refractivity contribution < 1.29 is 9.18 Å². The second kappa shape index (κ2) is 3.65. The van der Waals surface area contributed by atoms with Crippen molar-refractivity contribution >= 4 is 5.91 Å². The molecule has 1 aliphatic carbocycles. The SMILES string of the molecule is NC(=O)C1(c2ccc(F)cc2)CCCC1. The Bertz CT molecular complexity index is 366. The van der Waals surface area contributed by atoms with E-state index in [0.29, 0.717) is 0 Å². The molecule has 2 rings (SSSR count). The van der Waals surface area contributed by atoms with Crippen LogP contribution in [-0.2, 0) is 10.2 Å². The minimum atomic E-state index is -0.548. The van der Waals surface area contributed by atoms with Crippen LogP contribution < -0.4 is 5.73 Å². The zero-order valence-electron chi connectivity index (χ0n) is 8.50. The third kappa shape index (κ3) is 1.62. The van der Waals surface area contributed by atoms with Crippen LogP contribution in [0.4, 0.5) is 4.39 Å². The van der Waals surface area contributed by atoms with Gasteiger partial charge in [-0.2, -0.15) is 0 Å². The quantitative estimate of drug-likeness (QED) is 0.793. The average molecular weight is 207 g/mol. The van der Waals surface area contributed by atoms with Crippen LogP contribution in [-0.4, -0.2) is 5.91 Å². The Morgan fingerprint density at radius 3 is 2.20 bits per heavy atom. The second-order valence-corrected chi connectivity index (χ2v) is 4.16. The highest BCUT2D eigenvalue weighted by Crippen LogP contribution is 2.40. The van der Waals surface area contributed by atoms with Crippen molar-refractivity contribution in [2.24, 2.45) is 5.73 Å². The normalized spacial score (nSPS) is 19.0. The van der Waals surface area contributed by atoms with Crippen LogP contribution in [0, 0.1) is 5.82 Å². The van der Waals surface area contributed by atoms with E-state index >= 15 is 0 Å². The molecule has 0 aromatic heterocycles. The smallest absolute Gasteiger partial charge is 0.228 e. The molecule has 0 heterocycles. The fourth-order valence-electron chi connectivity index (χ4n) is 2.42. The van der Waals surface area contributed by atoms with Gasteiger partial charge in [0.25, 0.3) is 0 Å². The molecule has 80 valence electrons. The van der Waals surface area contributed by atoms with Crippen molar-refractivity contribution in [3.8, 4) is 0 Å². The van der Waals surface area contributed by atoms with Crippen LogP contribution in [0.15, 0.2) is 24.3 Å². The molecule has 0 spiro atoms. The summed E-state index contributed by atoms with van der Waals surface area (Å²) in [6.07, 6.45) is 3.60. The largest absolute Gasteiger partial charge is 0.369 e. The van der Waals surface area contributed by atoms with E-state index in [9.17, 15) is 9.18 Å². The number of benzene rings is 1.